The van der Waals surface area contributed by atoms with Gasteiger partial charge in [0, 0.05) is 26.2 Å². The molecule has 1 aromatic rings. The third kappa shape index (κ3) is 2.38. The Morgan fingerprint density at radius 1 is 1.50 bits per heavy atom. The highest BCUT2D eigenvalue weighted by Crippen LogP contribution is 2.11. The van der Waals surface area contributed by atoms with Crippen molar-refractivity contribution >= 4 is 17.2 Å². The van der Waals surface area contributed by atoms with Gasteiger partial charge in [0.25, 0.3) is 5.91 Å². The number of nitriles is 1. The minimum atomic E-state index is 0.0547. The maximum Gasteiger partial charge on any atom is 0.265 e. The van der Waals surface area contributed by atoms with Crippen LogP contribution in [0.25, 0.3) is 0 Å². The molecule has 1 saturated heterocycles. The number of rotatable bonds is 2. The lowest BCUT2D eigenvalue weighted by molar-refractivity contribution is 0.0656. The molecule has 1 aliphatic heterocycles. The number of piperazine rings is 1. The van der Waals surface area contributed by atoms with Crippen molar-refractivity contribution in [1.29, 1.82) is 5.26 Å². The third-order valence-corrected chi connectivity index (χ3v) is 3.36. The Morgan fingerprint density at radius 2 is 2.25 bits per heavy atom. The lowest BCUT2D eigenvalue weighted by Crippen LogP contribution is -2.48. The van der Waals surface area contributed by atoms with E-state index in [1.807, 2.05) is 4.90 Å². The normalized spacial score (nSPS) is 17.1. The molecule has 0 N–H and O–H groups in total. The molecule has 0 atom stereocenters. The predicted octanol–water partition coefficient (Wildman–Crippen LogP) is 0.424. The standard InChI is InChI=1S/C10H12N4OS/c11-1-2-13-3-5-14(6-4-13)10(15)9-7-12-8-16-9/h7-8H,2-6H2. The van der Waals surface area contributed by atoms with Crippen LogP contribution in [0.3, 0.4) is 0 Å². The van der Waals surface area contributed by atoms with E-state index in [-0.39, 0.29) is 5.91 Å². The molecular formula is C10H12N4OS. The van der Waals surface area contributed by atoms with Gasteiger partial charge in [-0.05, 0) is 0 Å². The smallest absolute Gasteiger partial charge is 0.265 e. The Kier molecular flexibility index (Phi) is 3.49. The number of thiazole rings is 1. The summed E-state index contributed by atoms with van der Waals surface area (Å²) in [5, 5.41) is 8.57. The molecule has 0 unspecified atom stereocenters. The molecule has 6 heteroatoms. The number of amides is 1. The summed E-state index contributed by atoms with van der Waals surface area (Å²) in [4.78, 5) is 20.4. The van der Waals surface area contributed by atoms with E-state index in [0.29, 0.717) is 24.5 Å². The van der Waals surface area contributed by atoms with Crippen LogP contribution in [0, 0.1) is 11.3 Å². The highest BCUT2D eigenvalue weighted by Gasteiger charge is 2.22. The van der Waals surface area contributed by atoms with Crippen LogP contribution in [0.5, 0.6) is 0 Å². The number of hydrogen-bond acceptors (Lipinski definition) is 5. The number of aromatic nitrogens is 1. The van der Waals surface area contributed by atoms with Gasteiger partial charge in [-0.25, -0.2) is 0 Å². The van der Waals surface area contributed by atoms with Crippen molar-refractivity contribution in [2.45, 2.75) is 0 Å². The molecule has 1 aromatic heterocycles. The summed E-state index contributed by atoms with van der Waals surface area (Å²) in [6, 6.07) is 2.12. The minimum absolute atomic E-state index is 0.0547. The molecule has 2 heterocycles. The number of carbonyl (C=O) groups excluding carboxylic acids is 1. The highest BCUT2D eigenvalue weighted by atomic mass is 32.1. The highest BCUT2D eigenvalue weighted by molar-refractivity contribution is 7.11. The van der Waals surface area contributed by atoms with Crippen molar-refractivity contribution in [3.8, 4) is 6.07 Å². The summed E-state index contributed by atoms with van der Waals surface area (Å²) >= 11 is 1.37. The fourth-order valence-electron chi connectivity index (χ4n) is 1.69. The Morgan fingerprint density at radius 3 is 2.81 bits per heavy atom. The predicted molar refractivity (Wildman–Crippen MR) is 60.1 cm³/mol. The van der Waals surface area contributed by atoms with Gasteiger partial charge >= 0.3 is 0 Å². The third-order valence-electron chi connectivity index (χ3n) is 2.60. The summed E-state index contributed by atoms with van der Waals surface area (Å²) in [5.41, 5.74) is 1.67. The number of nitrogens with zero attached hydrogens (tertiary/aromatic N) is 4. The second-order valence-corrected chi connectivity index (χ2v) is 4.48. The molecule has 16 heavy (non-hydrogen) atoms. The molecule has 5 nitrogen and oxygen atoms in total. The van der Waals surface area contributed by atoms with Gasteiger partial charge in [0.1, 0.15) is 4.88 Å². The van der Waals surface area contributed by atoms with Crippen molar-refractivity contribution in [2.75, 3.05) is 32.7 Å². The first-order valence-corrected chi connectivity index (χ1v) is 5.96. The van der Waals surface area contributed by atoms with Crippen molar-refractivity contribution < 1.29 is 4.79 Å². The molecule has 2 rings (SSSR count). The van der Waals surface area contributed by atoms with E-state index < -0.39 is 0 Å². The lowest BCUT2D eigenvalue weighted by atomic mass is 10.3. The zero-order chi connectivity index (χ0) is 11.4. The van der Waals surface area contributed by atoms with Crippen molar-refractivity contribution in [1.82, 2.24) is 14.8 Å². The van der Waals surface area contributed by atoms with Crippen LogP contribution in [0.4, 0.5) is 0 Å². The average molecular weight is 236 g/mol. The first kappa shape index (κ1) is 11.0. The number of carbonyl (C=O) groups is 1. The van der Waals surface area contributed by atoms with Crippen LogP contribution in [-0.4, -0.2) is 53.4 Å². The quantitative estimate of drug-likeness (QED) is 0.698. The molecule has 0 radical (unpaired) electrons. The molecule has 0 aliphatic carbocycles. The van der Waals surface area contributed by atoms with Crippen molar-refractivity contribution in [3.63, 3.8) is 0 Å². The molecule has 0 saturated carbocycles. The zero-order valence-corrected chi connectivity index (χ0v) is 9.61. The van der Waals surface area contributed by atoms with Crippen LogP contribution in [0.15, 0.2) is 11.7 Å². The van der Waals surface area contributed by atoms with E-state index in [9.17, 15) is 4.79 Å². The van der Waals surface area contributed by atoms with Gasteiger partial charge in [0.05, 0.1) is 24.3 Å². The van der Waals surface area contributed by atoms with Crippen LogP contribution in [0.1, 0.15) is 9.67 Å². The fraction of sp³-hybridized carbons (Fsp3) is 0.500. The molecule has 0 aromatic carbocycles. The molecule has 0 bridgehead atoms. The zero-order valence-electron chi connectivity index (χ0n) is 8.80. The van der Waals surface area contributed by atoms with Crippen molar-refractivity contribution in [3.05, 3.63) is 16.6 Å². The summed E-state index contributed by atoms with van der Waals surface area (Å²) in [7, 11) is 0. The molecule has 0 spiro atoms. The van der Waals surface area contributed by atoms with E-state index in [2.05, 4.69) is 16.0 Å². The lowest BCUT2D eigenvalue weighted by Gasteiger charge is -2.33. The van der Waals surface area contributed by atoms with Crippen LogP contribution >= 0.6 is 11.3 Å². The summed E-state index contributed by atoms with van der Waals surface area (Å²) in [6.07, 6.45) is 1.61. The minimum Gasteiger partial charge on any atom is -0.335 e. The molecule has 84 valence electrons. The summed E-state index contributed by atoms with van der Waals surface area (Å²) in [5.74, 6) is 0.0547. The van der Waals surface area contributed by atoms with Gasteiger partial charge in [0.2, 0.25) is 0 Å². The van der Waals surface area contributed by atoms with Gasteiger partial charge < -0.3 is 4.90 Å². The van der Waals surface area contributed by atoms with Gasteiger partial charge in [-0.2, -0.15) is 5.26 Å². The molecule has 1 fully saturated rings. The van der Waals surface area contributed by atoms with E-state index >= 15 is 0 Å². The maximum absolute atomic E-state index is 11.9. The maximum atomic E-state index is 11.9. The Bertz CT molecular complexity index is 389. The SMILES string of the molecule is N#CCN1CCN(C(=O)c2cncs2)CC1. The van der Waals surface area contributed by atoms with Gasteiger partial charge in [-0.3, -0.25) is 14.7 Å². The van der Waals surface area contributed by atoms with E-state index in [0.717, 1.165) is 13.1 Å². The summed E-state index contributed by atoms with van der Waals surface area (Å²) < 4.78 is 0. The van der Waals surface area contributed by atoms with Crippen LogP contribution in [0.2, 0.25) is 0 Å². The first-order valence-electron chi connectivity index (χ1n) is 5.08. The summed E-state index contributed by atoms with van der Waals surface area (Å²) in [6.45, 7) is 3.38. The molecule has 1 amide bonds. The van der Waals surface area contributed by atoms with E-state index in [1.165, 1.54) is 11.3 Å². The number of hydrogen-bond donors (Lipinski definition) is 0. The monoisotopic (exact) mass is 236 g/mol. The Hall–Kier alpha value is -1.45. The van der Waals surface area contributed by atoms with Gasteiger partial charge in [-0.1, -0.05) is 0 Å². The average Bonchev–Trinajstić information content (AvgIpc) is 2.83. The second kappa shape index (κ2) is 5.05. The van der Waals surface area contributed by atoms with E-state index in [1.54, 1.807) is 11.7 Å². The van der Waals surface area contributed by atoms with Gasteiger partial charge in [0.15, 0.2) is 0 Å². The molecular weight excluding hydrogens is 224 g/mol. The van der Waals surface area contributed by atoms with Crippen molar-refractivity contribution in [2.24, 2.45) is 0 Å². The Balaban J connectivity index is 1.90. The second-order valence-electron chi connectivity index (χ2n) is 3.59. The molecule has 1 aliphatic rings. The van der Waals surface area contributed by atoms with Crippen LogP contribution in [-0.2, 0) is 0 Å². The van der Waals surface area contributed by atoms with Gasteiger partial charge in [-0.15, -0.1) is 11.3 Å². The first-order chi connectivity index (χ1) is 7.81. The Labute approximate surface area is 97.9 Å². The van der Waals surface area contributed by atoms with E-state index in [4.69, 9.17) is 5.26 Å². The topological polar surface area (TPSA) is 60.2 Å². The van der Waals surface area contributed by atoms with Crippen LogP contribution < -0.4 is 0 Å². The fourth-order valence-corrected chi connectivity index (χ4v) is 2.27. The largest absolute Gasteiger partial charge is 0.335 e.